The van der Waals surface area contributed by atoms with Crippen LogP contribution in [0.5, 0.6) is 23.0 Å². The van der Waals surface area contributed by atoms with Gasteiger partial charge in [-0.25, -0.2) is 0 Å². The fraction of sp³-hybridized carbons (Fsp3) is 0.182. The molecule has 0 atom stereocenters. The lowest BCUT2D eigenvalue weighted by molar-refractivity contribution is -0.133. The first-order chi connectivity index (χ1) is 14.1. The third-order valence-corrected chi connectivity index (χ3v) is 3.32. The van der Waals surface area contributed by atoms with Gasteiger partial charge in [-0.05, 0) is 35.4 Å². The van der Waals surface area contributed by atoms with Gasteiger partial charge >= 0.3 is 23.9 Å². The SMILES string of the molecule is CC(=O)Oc1cc(C=Cc2cc(OC(C)=O)cc(OC(C)=O)c2)cc(OC(C)=O)c1. The normalized spacial score (nSPS) is 10.4. The summed E-state index contributed by atoms with van der Waals surface area (Å²) < 4.78 is 20.3. The monoisotopic (exact) mass is 412 g/mol. The molecule has 0 bridgehead atoms. The third kappa shape index (κ3) is 7.59. The number of benzene rings is 2. The van der Waals surface area contributed by atoms with E-state index in [1.54, 1.807) is 36.4 Å². The van der Waals surface area contributed by atoms with E-state index in [0.29, 0.717) is 11.1 Å². The second-order valence-electron chi connectivity index (χ2n) is 6.18. The molecule has 0 unspecified atom stereocenters. The maximum Gasteiger partial charge on any atom is 0.308 e. The molecule has 0 aliphatic heterocycles. The van der Waals surface area contributed by atoms with Crippen LogP contribution in [0.25, 0.3) is 12.2 Å². The van der Waals surface area contributed by atoms with Crippen molar-refractivity contribution in [1.82, 2.24) is 0 Å². The third-order valence-electron chi connectivity index (χ3n) is 3.32. The summed E-state index contributed by atoms with van der Waals surface area (Å²) in [5, 5.41) is 0. The van der Waals surface area contributed by atoms with Gasteiger partial charge < -0.3 is 18.9 Å². The van der Waals surface area contributed by atoms with E-state index in [9.17, 15) is 19.2 Å². The molecule has 2 aromatic rings. The molecule has 0 aromatic heterocycles. The zero-order valence-corrected chi connectivity index (χ0v) is 16.9. The van der Waals surface area contributed by atoms with Crippen molar-refractivity contribution in [2.24, 2.45) is 0 Å². The molecule has 0 fully saturated rings. The van der Waals surface area contributed by atoms with Gasteiger partial charge in [-0.2, -0.15) is 0 Å². The van der Waals surface area contributed by atoms with E-state index in [4.69, 9.17) is 18.9 Å². The first-order valence-corrected chi connectivity index (χ1v) is 8.82. The van der Waals surface area contributed by atoms with Crippen molar-refractivity contribution in [1.29, 1.82) is 0 Å². The molecule has 0 radical (unpaired) electrons. The lowest BCUT2D eigenvalue weighted by atomic mass is 10.1. The summed E-state index contributed by atoms with van der Waals surface area (Å²) in [6.07, 6.45) is 3.31. The van der Waals surface area contributed by atoms with Gasteiger partial charge in [0.1, 0.15) is 23.0 Å². The summed E-state index contributed by atoms with van der Waals surface area (Å²) in [5.74, 6) is -1.28. The van der Waals surface area contributed by atoms with Crippen molar-refractivity contribution >= 4 is 36.0 Å². The molecule has 0 amide bonds. The van der Waals surface area contributed by atoms with E-state index in [0.717, 1.165) is 0 Å². The van der Waals surface area contributed by atoms with Crippen molar-refractivity contribution < 1.29 is 38.1 Å². The molecule has 0 aliphatic carbocycles. The van der Waals surface area contributed by atoms with Gasteiger partial charge in [0.15, 0.2) is 0 Å². The van der Waals surface area contributed by atoms with Crippen LogP contribution in [0.1, 0.15) is 38.8 Å². The average molecular weight is 412 g/mol. The second kappa shape index (κ2) is 10.0. The minimum atomic E-state index is -0.523. The highest BCUT2D eigenvalue weighted by Gasteiger charge is 2.08. The Balaban J connectivity index is 2.40. The van der Waals surface area contributed by atoms with Crippen LogP contribution >= 0.6 is 0 Å². The van der Waals surface area contributed by atoms with Crippen molar-refractivity contribution in [2.45, 2.75) is 27.7 Å². The molecule has 30 heavy (non-hydrogen) atoms. The Hall–Kier alpha value is -3.94. The highest BCUT2D eigenvalue weighted by molar-refractivity contribution is 5.77. The fourth-order valence-corrected chi connectivity index (χ4v) is 2.47. The standard InChI is InChI=1S/C22H20O8/c1-13(23)27-19-7-17(8-20(11-19)28-14(2)24)5-6-18-9-21(29-15(3)25)12-22(10-18)30-16(4)26/h5-12H,1-4H3. The number of ether oxygens (including phenoxy) is 4. The molecule has 8 nitrogen and oxygen atoms in total. The van der Waals surface area contributed by atoms with Gasteiger partial charge in [0.2, 0.25) is 0 Å². The molecule has 156 valence electrons. The Bertz CT molecular complexity index is 870. The van der Waals surface area contributed by atoms with Gasteiger partial charge in [0.25, 0.3) is 0 Å². The topological polar surface area (TPSA) is 105 Å². The highest BCUT2D eigenvalue weighted by atomic mass is 16.6. The van der Waals surface area contributed by atoms with E-state index in [-0.39, 0.29) is 23.0 Å². The van der Waals surface area contributed by atoms with Crippen LogP contribution in [0.4, 0.5) is 0 Å². The van der Waals surface area contributed by atoms with E-state index in [2.05, 4.69) is 0 Å². The smallest absolute Gasteiger partial charge is 0.308 e. The summed E-state index contributed by atoms with van der Waals surface area (Å²) in [7, 11) is 0. The van der Waals surface area contributed by atoms with Crippen LogP contribution in [0, 0.1) is 0 Å². The number of hydrogen-bond acceptors (Lipinski definition) is 8. The number of carbonyl (C=O) groups is 4. The minimum Gasteiger partial charge on any atom is -0.427 e. The van der Waals surface area contributed by atoms with E-state index < -0.39 is 23.9 Å². The number of esters is 4. The van der Waals surface area contributed by atoms with Crippen molar-refractivity contribution in [3.8, 4) is 23.0 Å². The molecular formula is C22H20O8. The molecule has 0 heterocycles. The first kappa shape index (κ1) is 22.4. The predicted octanol–water partition coefficient (Wildman–Crippen LogP) is 3.56. The van der Waals surface area contributed by atoms with Gasteiger partial charge in [-0.1, -0.05) is 12.2 Å². The van der Waals surface area contributed by atoms with E-state index in [1.165, 1.54) is 39.8 Å². The van der Waals surface area contributed by atoms with Crippen LogP contribution in [-0.2, 0) is 19.2 Å². The number of rotatable bonds is 6. The van der Waals surface area contributed by atoms with Crippen molar-refractivity contribution in [2.75, 3.05) is 0 Å². The van der Waals surface area contributed by atoms with Crippen molar-refractivity contribution in [3.05, 3.63) is 47.5 Å². The first-order valence-electron chi connectivity index (χ1n) is 8.82. The van der Waals surface area contributed by atoms with Gasteiger partial charge in [-0.15, -0.1) is 0 Å². The molecule has 0 N–H and O–H groups in total. The van der Waals surface area contributed by atoms with Crippen LogP contribution in [0.3, 0.4) is 0 Å². The zero-order chi connectivity index (χ0) is 22.3. The Labute approximate surface area is 173 Å². The van der Waals surface area contributed by atoms with Crippen LogP contribution in [-0.4, -0.2) is 23.9 Å². The molecule has 0 saturated heterocycles. The van der Waals surface area contributed by atoms with Gasteiger partial charge in [-0.3, -0.25) is 19.2 Å². The summed E-state index contributed by atoms with van der Waals surface area (Å²) in [6, 6.07) is 9.14. The quantitative estimate of drug-likeness (QED) is 0.403. The van der Waals surface area contributed by atoms with Crippen LogP contribution in [0.15, 0.2) is 36.4 Å². The Morgan fingerprint density at radius 3 is 0.933 bits per heavy atom. The fourth-order valence-electron chi connectivity index (χ4n) is 2.47. The summed E-state index contributed by atoms with van der Waals surface area (Å²) in [5.41, 5.74) is 1.13. The summed E-state index contributed by atoms with van der Waals surface area (Å²) in [6.45, 7) is 5.02. The van der Waals surface area contributed by atoms with Gasteiger partial charge in [0, 0.05) is 39.8 Å². The van der Waals surface area contributed by atoms with E-state index >= 15 is 0 Å². The van der Waals surface area contributed by atoms with Gasteiger partial charge in [0.05, 0.1) is 0 Å². The molecule has 0 spiro atoms. The largest absolute Gasteiger partial charge is 0.427 e. The summed E-state index contributed by atoms with van der Waals surface area (Å²) >= 11 is 0. The van der Waals surface area contributed by atoms with Crippen molar-refractivity contribution in [3.63, 3.8) is 0 Å². The zero-order valence-electron chi connectivity index (χ0n) is 16.9. The Kier molecular flexibility index (Phi) is 7.46. The molecule has 2 aromatic carbocycles. The molecule has 0 aliphatic rings. The molecular weight excluding hydrogens is 392 g/mol. The lowest BCUT2D eigenvalue weighted by Gasteiger charge is -2.08. The maximum absolute atomic E-state index is 11.3. The Morgan fingerprint density at radius 2 is 0.733 bits per heavy atom. The minimum absolute atomic E-state index is 0.204. The maximum atomic E-state index is 11.3. The van der Waals surface area contributed by atoms with Crippen LogP contribution in [0.2, 0.25) is 0 Å². The van der Waals surface area contributed by atoms with E-state index in [1.807, 2.05) is 0 Å². The average Bonchev–Trinajstić information content (AvgIpc) is 2.57. The summed E-state index contributed by atoms with van der Waals surface area (Å²) in [4.78, 5) is 45.0. The molecule has 8 heteroatoms. The number of hydrogen-bond donors (Lipinski definition) is 0. The molecule has 0 saturated carbocycles. The second-order valence-corrected chi connectivity index (χ2v) is 6.18. The highest BCUT2D eigenvalue weighted by Crippen LogP contribution is 2.27. The molecule has 2 rings (SSSR count). The lowest BCUT2D eigenvalue weighted by Crippen LogP contribution is -2.04. The predicted molar refractivity (Wildman–Crippen MR) is 107 cm³/mol. The number of carbonyl (C=O) groups excluding carboxylic acids is 4. The van der Waals surface area contributed by atoms with Crippen LogP contribution < -0.4 is 18.9 Å². The Morgan fingerprint density at radius 1 is 0.500 bits per heavy atom.